The lowest BCUT2D eigenvalue weighted by Gasteiger charge is -2.35. The Morgan fingerprint density at radius 3 is 2.83 bits per heavy atom. The van der Waals surface area contributed by atoms with Crippen molar-refractivity contribution in [3.05, 3.63) is 42.0 Å². The molecule has 1 heterocycles. The zero-order chi connectivity index (χ0) is 16.2. The summed E-state index contributed by atoms with van der Waals surface area (Å²) in [6.45, 7) is 4.26. The van der Waals surface area contributed by atoms with Crippen molar-refractivity contribution < 1.29 is 4.79 Å². The van der Waals surface area contributed by atoms with Crippen molar-refractivity contribution in [2.45, 2.75) is 19.8 Å². The predicted octanol–water partition coefficient (Wildman–Crippen LogP) is 3.06. The molecule has 1 unspecified atom stereocenters. The van der Waals surface area contributed by atoms with E-state index in [1.807, 2.05) is 24.3 Å². The van der Waals surface area contributed by atoms with E-state index in [4.69, 9.17) is 0 Å². The minimum absolute atomic E-state index is 0.0333. The van der Waals surface area contributed by atoms with Crippen LogP contribution in [-0.2, 0) is 4.79 Å². The Balaban J connectivity index is 1.88. The van der Waals surface area contributed by atoms with Crippen molar-refractivity contribution in [2.24, 2.45) is 5.92 Å². The van der Waals surface area contributed by atoms with Crippen LogP contribution in [0.1, 0.15) is 25.3 Å². The van der Waals surface area contributed by atoms with Gasteiger partial charge < -0.3 is 10.2 Å². The Labute approximate surface area is 136 Å². The van der Waals surface area contributed by atoms with Gasteiger partial charge in [-0.05, 0) is 30.9 Å². The van der Waals surface area contributed by atoms with E-state index >= 15 is 0 Å². The highest BCUT2D eigenvalue weighted by Gasteiger charge is 2.21. The second-order valence-electron chi connectivity index (χ2n) is 6.18. The van der Waals surface area contributed by atoms with Crippen molar-refractivity contribution >= 4 is 22.4 Å². The number of nitriles is 1. The number of anilines is 1. The summed E-state index contributed by atoms with van der Waals surface area (Å²) in [7, 11) is 0. The third-order valence-corrected chi connectivity index (χ3v) is 4.52. The van der Waals surface area contributed by atoms with Gasteiger partial charge in [0.15, 0.2) is 0 Å². The van der Waals surface area contributed by atoms with Crippen molar-refractivity contribution in [1.82, 2.24) is 5.32 Å². The fourth-order valence-corrected chi connectivity index (χ4v) is 3.39. The van der Waals surface area contributed by atoms with Crippen LogP contribution in [0.2, 0.25) is 0 Å². The van der Waals surface area contributed by atoms with Gasteiger partial charge in [0.05, 0.1) is 11.6 Å². The quantitative estimate of drug-likeness (QED) is 0.948. The zero-order valence-electron chi connectivity index (χ0n) is 13.4. The van der Waals surface area contributed by atoms with E-state index in [9.17, 15) is 10.1 Å². The number of carbonyl (C=O) groups excluding carboxylic acids is 1. The lowest BCUT2D eigenvalue weighted by Crippen LogP contribution is -2.40. The van der Waals surface area contributed by atoms with E-state index in [-0.39, 0.29) is 5.91 Å². The van der Waals surface area contributed by atoms with Crippen LogP contribution < -0.4 is 10.2 Å². The Bertz CT molecular complexity index is 763. The number of amides is 1. The Hall–Kier alpha value is -2.54. The van der Waals surface area contributed by atoms with Crippen molar-refractivity contribution in [2.75, 3.05) is 24.5 Å². The predicted molar refractivity (Wildman–Crippen MR) is 92.3 cm³/mol. The number of fused-ring (bicyclic) bond motifs is 1. The molecule has 3 rings (SSSR count). The Morgan fingerprint density at radius 2 is 2.09 bits per heavy atom. The number of hydrogen-bond acceptors (Lipinski definition) is 3. The van der Waals surface area contributed by atoms with Crippen LogP contribution in [0, 0.1) is 17.2 Å². The summed E-state index contributed by atoms with van der Waals surface area (Å²) in [5.41, 5.74) is 1.91. The third kappa shape index (κ3) is 3.29. The van der Waals surface area contributed by atoms with Crippen LogP contribution >= 0.6 is 0 Å². The number of nitrogens with zero attached hydrogens (tertiary/aromatic N) is 2. The molecule has 118 valence electrons. The number of nitrogens with one attached hydrogen (secondary N) is 1. The standard InChI is InChI=1S/C19H21N3O/c1-14(23)21-12-15-5-4-10-22(13-15)19-9-8-16(11-20)17-6-2-3-7-18(17)19/h2-3,6-9,15H,4-5,10,12-13H2,1H3,(H,21,23). The molecule has 2 aromatic rings. The molecular weight excluding hydrogens is 286 g/mol. The van der Waals surface area contributed by atoms with Crippen molar-refractivity contribution in [1.29, 1.82) is 5.26 Å². The van der Waals surface area contributed by atoms with E-state index in [0.29, 0.717) is 5.92 Å². The first-order valence-corrected chi connectivity index (χ1v) is 8.10. The van der Waals surface area contributed by atoms with Crippen LogP contribution in [-0.4, -0.2) is 25.5 Å². The van der Waals surface area contributed by atoms with Crippen LogP contribution in [0.15, 0.2) is 36.4 Å². The second kappa shape index (κ2) is 6.70. The summed E-state index contributed by atoms with van der Waals surface area (Å²) in [6, 6.07) is 14.3. The van der Waals surface area contributed by atoms with Gasteiger partial charge in [0, 0.05) is 43.0 Å². The highest BCUT2D eigenvalue weighted by Crippen LogP contribution is 2.32. The summed E-state index contributed by atoms with van der Waals surface area (Å²) in [5, 5.41) is 14.4. The van der Waals surface area contributed by atoms with Gasteiger partial charge in [0.25, 0.3) is 0 Å². The molecule has 1 N–H and O–H groups in total. The summed E-state index contributed by atoms with van der Waals surface area (Å²) >= 11 is 0. The Kier molecular flexibility index (Phi) is 4.47. The maximum absolute atomic E-state index is 11.1. The third-order valence-electron chi connectivity index (χ3n) is 4.52. The zero-order valence-corrected chi connectivity index (χ0v) is 13.4. The maximum atomic E-state index is 11.1. The van der Waals surface area contributed by atoms with Gasteiger partial charge in [0.2, 0.25) is 5.91 Å². The van der Waals surface area contributed by atoms with Crippen LogP contribution in [0.25, 0.3) is 10.8 Å². The highest BCUT2D eigenvalue weighted by atomic mass is 16.1. The molecule has 1 atom stereocenters. The molecule has 0 bridgehead atoms. The van der Waals surface area contributed by atoms with Gasteiger partial charge in [-0.1, -0.05) is 24.3 Å². The van der Waals surface area contributed by atoms with Gasteiger partial charge in [-0.15, -0.1) is 0 Å². The first kappa shape index (κ1) is 15.4. The summed E-state index contributed by atoms with van der Waals surface area (Å²) < 4.78 is 0. The van der Waals surface area contributed by atoms with Crippen molar-refractivity contribution in [3.8, 4) is 6.07 Å². The van der Waals surface area contributed by atoms with Gasteiger partial charge in [0.1, 0.15) is 0 Å². The molecule has 0 aliphatic carbocycles. The van der Waals surface area contributed by atoms with Crippen LogP contribution in [0.5, 0.6) is 0 Å². The SMILES string of the molecule is CC(=O)NCC1CCCN(c2ccc(C#N)c3ccccc23)C1. The second-order valence-corrected chi connectivity index (χ2v) is 6.18. The summed E-state index contributed by atoms with van der Waals surface area (Å²) in [6.07, 6.45) is 2.27. The molecule has 1 amide bonds. The van der Waals surface area contributed by atoms with Gasteiger partial charge in [-0.2, -0.15) is 5.26 Å². The summed E-state index contributed by atoms with van der Waals surface area (Å²) in [5.74, 6) is 0.507. The van der Waals surface area contributed by atoms with Crippen LogP contribution in [0.3, 0.4) is 0 Å². The number of piperidine rings is 1. The number of carbonyl (C=O) groups is 1. The van der Waals surface area contributed by atoms with Crippen molar-refractivity contribution in [3.63, 3.8) is 0 Å². The number of benzene rings is 2. The molecule has 0 aromatic heterocycles. The van der Waals surface area contributed by atoms with E-state index in [2.05, 4.69) is 28.4 Å². The first-order valence-electron chi connectivity index (χ1n) is 8.10. The fraction of sp³-hybridized carbons (Fsp3) is 0.368. The average molecular weight is 307 g/mol. The largest absolute Gasteiger partial charge is 0.371 e. The number of hydrogen-bond donors (Lipinski definition) is 1. The maximum Gasteiger partial charge on any atom is 0.216 e. The smallest absolute Gasteiger partial charge is 0.216 e. The highest BCUT2D eigenvalue weighted by molar-refractivity contribution is 5.97. The molecule has 2 aromatic carbocycles. The average Bonchev–Trinajstić information content (AvgIpc) is 2.59. The van der Waals surface area contributed by atoms with Gasteiger partial charge in [-0.25, -0.2) is 0 Å². The minimum atomic E-state index is 0.0333. The van der Waals surface area contributed by atoms with Gasteiger partial charge >= 0.3 is 0 Å². The molecule has 0 spiro atoms. The monoisotopic (exact) mass is 307 g/mol. The minimum Gasteiger partial charge on any atom is -0.371 e. The van der Waals surface area contributed by atoms with E-state index in [1.54, 1.807) is 6.92 Å². The fourth-order valence-electron chi connectivity index (χ4n) is 3.39. The summed E-state index contributed by atoms with van der Waals surface area (Å²) in [4.78, 5) is 13.5. The van der Waals surface area contributed by atoms with E-state index in [1.165, 1.54) is 5.69 Å². The molecule has 23 heavy (non-hydrogen) atoms. The van der Waals surface area contributed by atoms with E-state index in [0.717, 1.165) is 48.8 Å². The topological polar surface area (TPSA) is 56.1 Å². The lowest BCUT2D eigenvalue weighted by atomic mass is 9.95. The van der Waals surface area contributed by atoms with E-state index < -0.39 is 0 Å². The first-order chi connectivity index (χ1) is 11.2. The normalized spacial score (nSPS) is 17.7. The molecule has 4 nitrogen and oxygen atoms in total. The molecule has 1 saturated heterocycles. The molecule has 1 aliphatic heterocycles. The Morgan fingerprint density at radius 1 is 1.30 bits per heavy atom. The molecular formula is C19H21N3O. The molecule has 1 aliphatic rings. The molecule has 0 radical (unpaired) electrons. The van der Waals surface area contributed by atoms with Gasteiger partial charge in [-0.3, -0.25) is 4.79 Å². The van der Waals surface area contributed by atoms with Crippen LogP contribution in [0.4, 0.5) is 5.69 Å². The molecule has 4 heteroatoms. The molecule has 1 fully saturated rings. The molecule has 0 saturated carbocycles. The number of rotatable bonds is 3. The lowest BCUT2D eigenvalue weighted by molar-refractivity contribution is -0.119.